The zero-order chi connectivity index (χ0) is 16.7. The van der Waals surface area contributed by atoms with E-state index in [1.54, 1.807) is 24.3 Å². The molecule has 0 aromatic heterocycles. The van der Waals surface area contributed by atoms with Crippen LogP contribution in [0.3, 0.4) is 0 Å². The number of carbonyl (C=O) groups is 3. The lowest BCUT2D eigenvalue weighted by Crippen LogP contribution is -2.38. The van der Waals surface area contributed by atoms with E-state index in [0.717, 1.165) is 13.0 Å². The molecule has 1 fully saturated rings. The fourth-order valence-electron chi connectivity index (χ4n) is 2.40. The number of nitrogens with zero attached hydrogens (tertiary/aromatic N) is 1. The van der Waals surface area contributed by atoms with E-state index in [2.05, 4.69) is 10.6 Å². The summed E-state index contributed by atoms with van der Waals surface area (Å²) in [7, 11) is 0. The topological polar surface area (TPSA) is 78.5 Å². The average molecular weight is 338 g/mol. The Balaban J connectivity index is 1.62. The first kappa shape index (κ1) is 17.3. The lowest BCUT2D eigenvalue weighted by atomic mass is 10.2. The SMILES string of the molecule is O=C(CNC(=O)c1ccccc1Cl)NCCCN1CCCC1=O. The number of carbonyl (C=O) groups excluding carboxylic acids is 3. The van der Waals surface area contributed by atoms with Crippen molar-refractivity contribution in [1.82, 2.24) is 15.5 Å². The minimum Gasteiger partial charge on any atom is -0.355 e. The maximum atomic E-state index is 11.9. The van der Waals surface area contributed by atoms with Crippen LogP contribution in [0, 0.1) is 0 Å². The van der Waals surface area contributed by atoms with Crippen LogP contribution in [0.4, 0.5) is 0 Å². The normalized spacial score (nSPS) is 14.0. The second kappa shape index (κ2) is 8.53. The summed E-state index contributed by atoms with van der Waals surface area (Å²) in [4.78, 5) is 36.8. The molecular formula is C16H20ClN3O3. The van der Waals surface area contributed by atoms with Gasteiger partial charge in [-0.1, -0.05) is 23.7 Å². The number of amides is 3. The molecule has 2 rings (SSSR count). The van der Waals surface area contributed by atoms with E-state index in [-0.39, 0.29) is 24.3 Å². The Labute approximate surface area is 140 Å². The largest absolute Gasteiger partial charge is 0.355 e. The Morgan fingerprint density at radius 2 is 2.00 bits per heavy atom. The Morgan fingerprint density at radius 1 is 1.22 bits per heavy atom. The van der Waals surface area contributed by atoms with Gasteiger partial charge < -0.3 is 15.5 Å². The molecule has 3 amide bonds. The number of hydrogen-bond donors (Lipinski definition) is 2. The minimum absolute atomic E-state index is 0.104. The van der Waals surface area contributed by atoms with Crippen LogP contribution in [0.1, 0.15) is 29.6 Å². The van der Waals surface area contributed by atoms with Crippen molar-refractivity contribution < 1.29 is 14.4 Å². The molecule has 1 aliphatic heterocycles. The van der Waals surface area contributed by atoms with E-state index < -0.39 is 0 Å². The van der Waals surface area contributed by atoms with Gasteiger partial charge in [0.2, 0.25) is 11.8 Å². The number of likely N-dealkylation sites (tertiary alicyclic amines) is 1. The first-order chi connectivity index (χ1) is 11.1. The third-order valence-electron chi connectivity index (χ3n) is 3.63. The highest BCUT2D eigenvalue weighted by molar-refractivity contribution is 6.33. The molecule has 23 heavy (non-hydrogen) atoms. The molecule has 7 heteroatoms. The molecule has 1 saturated heterocycles. The highest BCUT2D eigenvalue weighted by atomic mass is 35.5. The molecule has 1 aromatic rings. The fourth-order valence-corrected chi connectivity index (χ4v) is 2.62. The zero-order valence-electron chi connectivity index (χ0n) is 12.8. The molecule has 1 aromatic carbocycles. The van der Waals surface area contributed by atoms with E-state index >= 15 is 0 Å². The van der Waals surface area contributed by atoms with Gasteiger partial charge in [0.25, 0.3) is 5.91 Å². The number of benzene rings is 1. The van der Waals surface area contributed by atoms with Gasteiger partial charge in [-0.05, 0) is 25.0 Å². The highest BCUT2D eigenvalue weighted by Crippen LogP contribution is 2.14. The van der Waals surface area contributed by atoms with Gasteiger partial charge in [0.05, 0.1) is 17.1 Å². The molecule has 0 saturated carbocycles. The van der Waals surface area contributed by atoms with Gasteiger partial charge in [-0.3, -0.25) is 14.4 Å². The molecule has 0 aliphatic carbocycles. The number of hydrogen-bond acceptors (Lipinski definition) is 3. The Kier molecular flexibility index (Phi) is 6.40. The predicted octanol–water partition coefficient (Wildman–Crippen LogP) is 1.20. The Hall–Kier alpha value is -2.08. The molecule has 124 valence electrons. The molecule has 2 N–H and O–H groups in total. The molecule has 0 spiro atoms. The third-order valence-corrected chi connectivity index (χ3v) is 3.96. The average Bonchev–Trinajstić information content (AvgIpc) is 2.95. The van der Waals surface area contributed by atoms with E-state index in [4.69, 9.17) is 11.6 Å². The van der Waals surface area contributed by atoms with E-state index in [1.807, 2.05) is 4.90 Å². The first-order valence-corrected chi connectivity index (χ1v) is 8.03. The predicted molar refractivity (Wildman–Crippen MR) is 87.2 cm³/mol. The van der Waals surface area contributed by atoms with Crippen molar-refractivity contribution in [3.8, 4) is 0 Å². The summed E-state index contributed by atoms with van der Waals surface area (Å²) in [5, 5.41) is 5.59. The molecule has 6 nitrogen and oxygen atoms in total. The van der Waals surface area contributed by atoms with Crippen LogP contribution in [0.5, 0.6) is 0 Å². The second-order valence-electron chi connectivity index (χ2n) is 5.35. The van der Waals surface area contributed by atoms with Crippen LogP contribution in [0.15, 0.2) is 24.3 Å². The van der Waals surface area contributed by atoms with Crippen LogP contribution >= 0.6 is 11.6 Å². The molecular weight excluding hydrogens is 318 g/mol. The summed E-state index contributed by atoms with van der Waals surface area (Å²) in [6.07, 6.45) is 2.25. The van der Waals surface area contributed by atoms with E-state index in [1.165, 1.54) is 0 Å². The number of nitrogens with one attached hydrogen (secondary N) is 2. The van der Waals surface area contributed by atoms with E-state index in [9.17, 15) is 14.4 Å². The van der Waals surface area contributed by atoms with Gasteiger partial charge in [-0.2, -0.15) is 0 Å². The van der Waals surface area contributed by atoms with Crippen molar-refractivity contribution in [3.63, 3.8) is 0 Å². The van der Waals surface area contributed by atoms with Crippen LogP contribution in [0.2, 0.25) is 5.02 Å². The van der Waals surface area contributed by atoms with Crippen LogP contribution in [-0.4, -0.2) is 48.8 Å². The molecule has 1 heterocycles. The molecule has 1 aliphatic rings. The molecule has 0 bridgehead atoms. The highest BCUT2D eigenvalue weighted by Gasteiger charge is 2.19. The number of halogens is 1. The Morgan fingerprint density at radius 3 is 2.70 bits per heavy atom. The summed E-state index contributed by atoms with van der Waals surface area (Å²) in [6.45, 7) is 1.84. The van der Waals surface area contributed by atoms with Crippen LogP contribution < -0.4 is 10.6 Å². The van der Waals surface area contributed by atoms with Gasteiger partial charge in [0, 0.05) is 26.1 Å². The van der Waals surface area contributed by atoms with Crippen molar-refractivity contribution in [3.05, 3.63) is 34.9 Å². The fraction of sp³-hybridized carbons (Fsp3) is 0.438. The summed E-state index contributed by atoms with van der Waals surface area (Å²) >= 11 is 5.92. The van der Waals surface area contributed by atoms with Crippen molar-refractivity contribution in [2.45, 2.75) is 19.3 Å². The van der Waals surface area contributed by atoms with Crippen LogP contribution in [0.25, 0.3) is 0 Å². The summed E-state index contributed by atoms with van der Waals surface area (Å²) in [6, 6.07) is 6.66. The second-order valence-corrected chi connectivity index (χ2v) is 5.76. The van der Waals surface area contributed by atoms with E-state index in [0.29, 0.717) is 36.5 Å². The van der Waals surface area contributed by atoms with Gasteiger partial charge in [0.15, 0.2) is 0 Å². The lowest BCUT2D eigenvalue weighted by molar-refractivity contribution is -0.127. The van der Waals surface area contributed by atoms with Gasteiger partial charge >= 0.3 is 0 Å². The summed E-state index contributed by atoms with van der Waals surface area (Å²) in [5.41, 5.74) is 0.342. The Bertz CT molecular complexity index is 592. The quantitative estimate of drug-likeness (QED) is 0.734. The zero-order valence-corrected chi connectivity index (χ0v) is 13.6. The van der Waals surface area contributed by atoms with Crippen molar-refractivity contribution >= 4 is 29.3 Å². The van der Waals surface area contributed by atoms with Crippen molar-refractivity contribution in [1.29, 1.82) is 0 Å². The van der Waals surface area contributed by atoms with Gasteiger partial charge in [-0.15, -0.1) is 0 Å². The first-order valence-electron chi connectivity index (χ1n) is 7.65. The van der Waals surface area contributed by atoms with Crippen LogP contribution in [-0.2, 0) is 9.59 Å². The smallest absolute Gasteiger partial charge is 0.253 e. The minimum atomic E-state index is -0.381. The summed E-state index contributed by atoms with van der Waals surface area (Å²) in [5.74, 6) is -0.463. The number of rotatable bonds is 7. The maximum absolute atomic E-state index is 11.9. The van der Waals surface area contributed by atoms with Gasteiger partial charge in [-0.25, -0.2) is 0 Å². The molecule has 0 radical (unpaired) electrons. The van der Waals surface area contributed by atoms with Gasteiger partial charge in [0.1, 0.15) is 0 Å². The maximum Gasteiger partial charge on any atom is 0.253 e. The lowest BCUT2D eigenvalue weighted by Gasteiger charge is -2.15. The third kappa shape index (κ3) is 5.25. The molecule has 0 unspecified atom stereocenters. The standard InChI is InChI=1S/C16H20ClN3O3/c17-13-6-2-1-5-12(13)16(23)19-11-14(21)18-8-4-10-20-9-3-7-15(20)22/h1-2,5-6H,3-4,7-11H2,(H,18,21)(H,19,23). The monoisotopic (exact) mass is 337 g/mol. The summed E-state index contributed by atoms with van der Waals surface area (Å²) < 4.78 is 0. The van der Waals surface area contributed by atoms with Crippen molar-refractivity contribution in [2.75, 3.05) is 26.2 Å². The molecule has 0 atom stereocenters. The van der Waals surface area contributed by atoms with Crippen molar-refractivity contribution in [2.24, 2.45) is 0 Å².